The molecule has 0 amide bonds. The van der Waals surface area contributed by atoms with Crippen molar-refractivity contribution in [2.45, 2.75) is 33.4 Å². The summed E-state index contributed by atoms with van der Waals surface area (Å²) in [7, 11) is 0. The maximum Gasteiger partial charge on any atom is 0.257 e. The highest BCUT2D eigenvalue weighted by molar-refractivity contribution is 5.27. The van der Waals surface area contributed by atoms with Gasteiger partial charge >= 0.3 is 0 Å². The van der Waals surface area contributed by atoms with E-state index in [0.717, 1.165) is 30.1 Å². The van der Waals surface area contributed by atoms with Crippen LogP contribution in [0.5, 0.6) is 0 Å². The van der Waals surface area contributed by atoms with E-state index >= 15 is 0 Å². The van der Waals surface area contributed by atoms with Crippen molar-refractivity contribution in [1.82, 2.24) is 19.9 Å². The van der Waals surface area contributed by atoms with Crippen LogP contribution in [0.4, 0.5) is 5.95 Å². The molecule has 20 heavy (non-hydrogen) atoms. The largest absolute Gasteiger partial charge is 0.446 e. The van der Waals surface area contributed by atoms with Gasteiger partial charge in [-0.15, -0.1) is 0 Å². The molecule has 0 spiro atoms. The number of aromatic amines is 1. The van der Waals surface area contributed by atoms with E-state index in [1.165, 1.54) is 0 Å². The molecule has 7 nitrogen and oxygen atoms in total. The van der Waals surface area contributed by atoms with Crippen LogP contribution < -0.4 is 11.3 Å². The Kier molecular flexibility index (Phi) is 3.06. The van der Waals surface area contributed by atoms with Crippen molar-refractivity contribution in [2.75, 3.05) is 12.3 Å². The third kappa shape index (κ3) is 2.32. The number of rotatable bonds is 2. The zero-order chi connectivity index (χ0) is 14.3. The predicted molar refractivity (Wildman–Crippen MR) is 73.1 cm³/mol. The van der Waals surface area contributed by atoms with Gasteiger partial charge in [0.25, 0.3) is 5.56 Å². The number of hydrogen-bond acceptors (Lipinski definition) is 6. The van der Waals surface area contributed by atoms with Gasteiger partial charge in [-0.2, -0.15) is 0 Å². The molecule has 3 N–H and O–H groups in total. The maximum atomic E-state index is 11.9. The number of aryl methyl sites for hydroxylation is 2. The van der Waals surface area contributed by atoms with E-state index < -0.39 is 0 Å². The van der Waals surface area contributed by atoms with Crippen LogP contribution in [0.15, 0.2) is 9.21 Å². The molecule has 0 atom stereocenters. The van der Waals surface area contributed by atoms with Gasteiger partial charge in [-0.3, -0.25) is 14.7 Å². The molecule has 3 rings (SSSR count). The molecule has 0 bridgehead atoms. The van der Waals surface area contributed by atoms with E-state index in [0.29, 0.717) is 24.5 Å². The third-order valence-electron chi connectivity index (χ3n) is 3.54. The van der Waals surface area contributed by atoms with Crippen LogP contribution in [-0.2, 0) is 19.5 Å². The number of nitrogens with two attached hydrogens (primary N) is 1. The monoisotopic (exact) mass is 275 g/mol. The quantitative estimate of drug-likeness (QED) is 0.828. The highest BCUT2D eigenvalue weighted by Crippen LogP contribution is 2.18. The smallest absolute Gasteiger partial charge is 0.257 e. The number of fused-ring (bicyclic) bond motifs is 1. The number of nitrogens with one attached hydrogen (secondary N) is 1. The Morgan fingerprint density at radius 3 is 2.90 bits per heavy atom. The van der Waals surface area contributed by atoms with Gasteiger partial charge in [-0.05, 0) is 6.92 Å². The molecule has 1 aliphatic heterocycles. The van der Waals surface area contributed by atoms with Gasteiger partial charge in [0.1, 0.15) is 5.76 Å². The zero-order valence-corrected chi connectivity index (χ0v) is 11.6. The van der Waals surface area contributed by atoms with E-state index in [9.17, 15) is 4.79 Å². The first-order valence-corrected chi connectivity index (χ1v) is 6.55. The predicted octanol–water partition coefficient (Wildman–Crippen LogP) is 0.515. The molecule has 0 unspecified atom stereocenters. The molecule has 0 aromatic carbocycles. The Morgan fingerprint density at radius 2 is 2.20 bits per heavy atom. The van der Waals surface area contributed by atoms with Crippen molar-refractivity contribution >= 4 is 5.95 Å². The third-order valence-corrected chi connectivity index (χ3v) is 3.54. The normalized spacial score (nSPS) is 15.3. The minimum atomic E-state index is -0.148. The number of oxazole rings is 1. The molecule has 0 radical (unpaired) electrons. The van der Waals surface area contributed by atoms with Gasteiger partial charge in [-0.1, -0.05) is 0 Å². The fraction of sp³-hybridized carbons (Fsp3) is 0.462. The lowest BCUT2D eigenvalue weighted by Crippen LogP contribution is -2.35. The van der Waals surface area contributed by atoms with Crippen molar-refractivity contribution in [3.8, 4) is 0 Å². The van der Waals surface area contributed by atoms with E-state index in [2.05, 4.69) is 19.9 Å². The van der Waals surface area contributed by atoms with Crippen molar-refractivity contribution in [1.29, 1.82) is 0 Å². The highest BCUT2D eigenvalue weighted by Gasteiger charge is 2.22. The molecular weight excluding hydrogens is 258 g/mol. The van der Waals surface area contributed by atoms with Crippen LogP contribution in [0.2, 0.25) is 0 Å². The van der Waals surface area contributed by atoms with Gasteiger partial charge < -0.3 is 10.2 Å². The van der Waals surface area contributed by atoms with Gasteiger partial charge in [0, 0.05) is 33.0 Å². The second-order valence-corrected chi connectivity index (χ2v) is 5.07. The van der Waals surface area contributed by atoms with Crippen molar-refractivity contribution < 1.29 is 4.42 Å². The molecule has 2 aromatic rings. The lowest BCUT2D eigenvalue weighted by Gasteiger charge is -2.26. The number of H-pyrrole nitrogens is 1. The summed E-state index contributed by atoms with van der Waals surface area (Å²) in [4.78, 5) is 25.2. The van der Waals surface area contributed by atoms with Crippen molar-refractivity contribution in [3.05, 3.63) is 39.0 Å². The van der Waals surface area contributed by atoms with E-state index in [4.69, 9.17) is 10.2 Å². The number of hydrogen-bond donors (Lipinski definition) is 2. The molecule has 0 fully saturated rings. The minimum Gasteiger partial charge on any atom is -0.446 e. The van der Waals surface area contributed by atoms with Crippen LogP contribution in [-0.4, -0.2) is 26.4 Å². The van der Waals surface area contributed by atoms with Crippen LogP contribution in [0, 0.1) is 13.8 Å². The van der Waals surface area contributed by atoms with Gasteiger partial charge in [-0.25, -0.2) is 9.97 Å². The lowest BCUT2D eigenvalue weighted by molar-refractivity contribution is 0.238. The Balaban J connectivity index is 1.82. The Labute approximate surface area is 115 Å². The highest BCUT2D eigenvalue weighted by atomic mass is 16.4. The summed E-state index contributed by atoms with van der Waals surface area (Å²) in [5.41, 5.74) is 7.83. The number of nitrogen functional groups attached to an aromatic ring is 1. The fourth-order valence-electron chi connectivity index (χ4n) is 2.57. The molecule has 0 saturated heterocycles. The molecule has 0 aliphatic carbocycles. The molecule has 7 heteroatoms. The summed E-state index contributed by atoms with van der Waals surface area (Å²) in [6, 6.07) is 0. The van der Waals surface area contributed by atoms with Gasteiger partial charge in [0.2, 0.25) is 5.95 Å². The number of aromatic nitrogens is 3. The average molecular weight is 275 g/mol. The Hall–Kier alpha value is -2.15. The second-order valence-electron chi connectivity index (χ2n) is 5.07. The molecule has 0 saturated carbocycles. The fourth-order valence-corrected chi connectivity index (χ4v) is 2.57. The second kappa shape index (κ2) is 4.75. The molecule has 1 aliphatic rings. The molecular formula is C13H17N5O2. The van der Waals surface area contributed by atoms with Crippen LogP contribution >= 0.6 is 0 Å². The number of nitrogens with zero attached hydrogens (tertiary/aromatic N) is 3. The topological polar surface area (TPSA) is 101 Å². The Bertz CT molecular complexity index is 703. The van der Waals surface area contributed by atoms with Crippen LogP contribution in [0.1, 0.15) is 28.6 Å². The first-order chi connectivity index (χ1) is 9.52. The van der Waals surface area contributed by atoms with E-state index in [1.54, 1.807) is 0 Å². The first-order valence-electron chi connectivity index (χ1n) is 6.55. The summed E-state index contributed by atoms with van der Waals surface area (Å²) < 4.78 is 5.43. The summed E-state index contributed by atoms with van der Waals surface area (Å²) in [6.45, 7) is 5.80. The summed E-state index contributed by atoms with van der Waals surface area (Å²) in [5.74, 6) is 1.69. The number of anilines is 1. The Morgan fingerprint density at radius 1 is 1.40 bits per heavy atom. The van der Waals surface area contributed by atoms with Crippen molar-refractivity contribution in [3.63, 3.8) is 0 Å². The summed E-state index contributed by atoms with van der Waals surface area (Å²) >= 11 is 0. The van der Waals surface area contributed by atoms with Crippen molar-refractivity contribution in [2.24, 2.45) is 0 Å². The van der Waals surface area contributed by atoms with Gasteiger partial charge in [0.15, 0.2) is 5.89 Å². The standard InChI is InChI=1S/C13H17N5O2/c1-7-11(15-8(2)20-7)6-18-4-3-10-9(5-18)12(19)17-13(14)16-10/h3-6H2,1-2H3,(H3,14,16,17,19). The minimum absolute atomic E-state index is 0.148. The molecule has 3 heterocycles. The summed E-state index contributed by atoms with van der Waals surface area (Å²) in [6.07, 6.45) is 0.722. The molecule has 2 aromatic heterocycles. The van der Waals surface area contributed by atoms with E-state index in [-0.39, 0.29) is 11.5 Å². The van der Waals surface area contributed by atoms with E-state index in [1.807, 2.05) is 13.8 Å². The van der Waals surface area contributed by atoms with Crippen LogP contribution in [0.3, 0.4) is 0 Å². The summed E-state index contributed by atoms with van der Waals surface area (Å²) in [5, 5.41) is 0. The van der Waals surface area contributed by atoms with Gasteiger partial charge in [0.05, 0.1) is 17.0 Å². The first kappa shape index (κ1) is 12.9. The maximum absolute atomic E-state index is 11.9. The molecule has 106 valence electrons. The lowest BCUT2D eigenvalue weighted by atomic mass is 10.1. The van der Waals surface area contributed by atoms with Crippen LogP contribution in [0.25, 0.3) is 0 Å². The SMILES string of the molecule is Cc1nc(CN2CCc3nc(N)[nH]c(=O)c3C2)c(C)o1. The average Bonchev–Trinajstić information content (AvgIpc) is 2.68. The zero-order valence-electron chi connectivity index (χ0n) is 11.6.